The van der Waals surface area contributed by atoms with Crippen molar-refractivity contribution in [2.45, 2.75) is 19.8 Å². The molecule has 0 N–H and O–H groups in total. The van der Waals surface area contributed by atoms with Gasteiger partial charge in [-0.3, -0.25) is 9.78 Å². The number of ketones is 1. The smallest absolute Gasteiger partial charge is 0.252 e. The van der Waals surface area contributed by atoms with E-state index in [0.29, 0.717) is 29.5 Å². The van der Waals surface area contributed by atoms with Crippen LogP contribution in [0.3, 0.4) is 0 Å². The zero-order chi connectivity index (χ0) is 14.4. The maximum atomic E-state index is 12.1. The van der Waals surface area contributed by atoms with Crippen molar-refractivity contribution in [1.29, 1.82) is 0 Å². The highest BCUT2D eigenvalue weighted by molar-refractivity contribution is 5.98. The van der Waals surface area contributed by atoms with Gasteiger partial charge in [-0.2, -0.15) is 4.98 Å². The van der Waals surface area contributed by atoms with Gasteiger partial charge in [0.1, 0.15) is 0 Å². The fraction of sp³-hybridized carbons (Fsp3) is 0.267. The molecule has 1 atom stereocenters. The average molecular weight is 279 g/mol. The molecule has 3 aromatic heterocycles. The van der Waals surface area contributed by atoms with Crippen molar-refractivity contribution in [1.82, 2.24) is 24.6 Å². The van der Waals surface area contributed by atoms with Crippen molar-refractivity contribution in [3.05, 3.63) is 42.0 Å². The predicted molar refractivity (Wildman–Crippen MR) is 75.8 cm³/mol. The molecule has 1 aliphatic carbocycles. The molecule has 0 saturated carbocycles. The first-order chi connectivity index (χ1) is 10.2. The molecule has 104 valence electrons. The van der Waals surface area contributed by atoms with E-state index >= 15 is 0 Å². The van der Waals surface area contributed by atoms with Gasteiger partial charge in [-0.05, 0) is 24.5 Å². The van der Waals surface area contributed by atoms with E-state index in [0.717, 1.165) is 17.7 Å². The standard InChI is InChI=1S/C15H13N5O/c1-9-6-12-11(13(21)7-9)8-20-15(17-12)18-14(19-20)10-2-4-16-5-3-10/h2-5,8-9H,6-7H2,1H3/t9-/m1/s1. The minimum atomic E-state index is 0.138. The second-order valence-corrected chi connectivity index (χ2v) is 5.45. The molecule has 1 aliphatic rings. The van der Waals surface area contributed by atoms with Crippen LogP contribution in [0.5, 0.6) is 0 Å². The normalized spacial score (nSPS) is 18.0. The third-order valence-electron chi connectivity index (χ3n) is 3.73. The van der Waals surface area contributed by atoms with Gasteiger partial charge in [0.05, 0.1) is 11.3 Å². The number of carbonyl (C=O) groups is 1. The first kappa shape index (κ1) is 12.1. The molecule has 0 saturated heterocycles. The highest BCUT2D eigenvalue weighted by Gasteiger charge is 2.25. The van der Waals surface area contributed by atoms with Crippen LogP contribution in [-0.4, -0.2) is 30.3 Å². The van der Waals surface area contributed by atoms with Gasteiger partial charge < -0.3 is 0 Å². The number of fused-ring (bicyclic) bond motifs is 2. The summed E-state index contributed by atoms with van der Waals surface area (Å²) in [5, 5.41) is 4.41. The first-order valence-corrected chi connectivity index (χ1v) is 6.90. The van der Waals surface area contributed by atoms with Gasteiger partial charge in [0, 0.05) is 30.6 Å². The Labute approximate surface area is 120 Å². The van der Waals surface area contributed by atoms with Crippen molar-refractivity contribution < 1.29 is 4.79 Å². The highest BCUT2D eigenvalue weighted by Crippen LogP contribution is 2.24. The Balaban J connectivity index is 1.88. The Kier molecular flexibility index (Phi) is 2.57. The van der Waals surface area contributed by atoms with Crippen LogP contribution in [0, 0.1) is 5.92 Å². The molecule has 0 aromatic carbocycles. The number of hydrogen-bond donors (Lipinski definition) is 0. The van der Waals surface area contributed by atoms with Crippen LogP contribution in [0.1, 0.15) is 29.4 Å². The van der Waals surface area contributed by atoms with Crippen molar-refractivity contribution in [3.8, 4) is 11.4 Å². The highest BCUT2D eigenvalue weighted by atomic mass is 16.1. The molecule has 0 radical (unpaired) electrons. The molecule has 3 aromatic rings. The average Bonchev–Trinajstić information content (AvgIpc) is 2.89. The van der Waals surface area contributed by atoms with Gasteiger partial charge in [0.2, 0.25) is 0 Å². The lowest BCUT2D eigenvalue weighted by molar-refractivity contribution is 0.0951. The van der Waals surface area contributed by atoms with E-state index in [1.807, 2.05) is 12.1 Å². The molecule has 0 bridgehead atoms. The Bertz CT molecular complexity index is 840. The molecular formula is C15H13N5O. The first-order valence-electron chi connectivity index (χ1n) is 6.90. The molecule has 3 heterocycles. The topological polar surface area (TPSA) is 73.0 Å². The van der Waals surface area contributed by atoms with E-state index in [1.54, 1.807) is 23.1 Å². The summed E-state index contributed by atoms with van der Waals surface area (Å²) in [4.78, 5) is 25.0. The minimum Gasteiger partial charge on any atom is -0.294 e. The quantitative estimate of drug-likeness (QED) is 0.680. The Morgan fingerprint density at radius 2 is 2.00 bits per heavy atom. The van der Waals surface area contributed by atoms with E-state index in [1.165, 1.54) is 0 Å². The Morgan fingerprint density at radius 3 is 2.81 bits per heavy atom. The van der Waals surface area contributed by atoms with Gasteiger partial charge in [-0.1, -0.05) is 6.92 Å². The summed E-state index contributed by atoms with van der Waals surface area (Å²) in [5.74, 6) is 1.59. The van der Waals surface area contributed by atoms with Crippen LogP contribution in [0.4, 0.5) is 0 Å². The second-order valence-electron chi connectivity index (χ2n) is 5.45. The fourth-order valence-corrected chi connectivity index (χ4v) is 2.70. The molecule has 0 spiro atoms. The molecule has 6 heteroatoms. The molecule has 21 heavy (non-hydrogen) atoms. The van der Waals surface area contributed by atoms with Crippen LogP contribution in [0.25, 0.3) is 17.2 Å². The van der Waals surface area contributed by atoms with Gasteiger partial charge >= 0.3 is 0 Å². The van der Waals surface area contributed by atoms with Gasteiger partial charge in [0.25, 0.3) is 5.78 Å². The Hall–Kier alpha value is -2.63. The van der Waals surface area contributed by atoms with Crippen molar-refractivity contribution in [3.63, 3.8) is 0 Å². The lowest BCUT2D eigenvalue weighted by Crippen LogP contribution is -2.20. The van der Waals surface area contributed by atoms with E-state index < -0.39 is 0 Å². The van der Waals surface area contributed by atoms with E-state index in [-0.39, 0.29) is 5.78 Å². The predicted octanol–water partition coefficient (Wildman–Crippen LogP) is 1.95. The number of Topliss-reactive ketones (excluding diaryl/α,β-unsaturated/α-hetero) is 1. The molecule has 0 amide bonds. The molecule has 0 unspecified atom stereocenters. The van der Waals surface area contributed by atoms with Crippen LogP contribution < -0.4 is 0 Å². The van der Waals surface area contributed by atoms with Crippen LogP contribution in [-0.2, 0) is 6.42 Å². The summed E-state index contributed by atoms with van der Waals surface area (Å²) in [6, 6.07) is 3.70. The van der Waals surface area contributed by atoms with Gasteiger partial charge in [-0.25, -0.2) is 9.50 Å². The minimum absolute atomic E-state index is 0.138. The summed E-state index contributed by atoms with van der Waals surface area (Å²) < 4.78 is 1.59. The molecular weight excluding hydrogens is 266 g/mol. The maximum Gasteiger partial charge on any atom is 0.252 e. The lowest BCUT2D eigenvalue weighted by Gasteiger charge is -2.18. The number of rotatable bonds is 1. The number of carbonyl (C=O) groups excluding carboxylic acids is 1. The SMILES string of the molecule is C[C@H]1CC(=O)c2cn3nc(-c4ccncc4)nc3nc2C1. The van der Waals surface area contributed by atoms with E-state index in [2.05, 4.69) is 27.0 Å². The zero-order valence-electron chi connectivity index (χ0n) is 11.5. The van der Waals surface area contributed by atoms with Crippen molar-refractivity contribution in [2.75, 3.05) is 0 Å². The summed E-state index contributed by atoms with van der Waals surface area (Å²) in [6.45, 7) is 2.07. The fourth-order valence-electron chi connectivity index (χ4n) is 2.70. The third kappa shape index (κ3) is 1.99. The van der Waals surface area contributed by atoms with Gasteiger partial charge in [-0.15, -0.1) is 5.10 Å². The summed E-state index contributed by atoms with van der Waals surface area (Å²) in [5.41, 5.74) is 2.39. The molecule has 6 nitrogen and oxygen atoms in total. The molecule has 4 rings (SSSR count). The van der Waals surface area contributed by atoms with E-state index in [4.69, 9.17) is 0 Å². The second kappa shape index (κ2) is 4.44. The van der Waals surface area contributed by atoms with Crippen LogP contribution in [0.15, 0.2) is 30.7 Å². The summed E-state index contributed by atoms with van der Waals surface area (Å²) in [7, 11) is 0. The summed E-state index contributed by atoms with van der Waals surface area (Å²) in [6.07, 6.45) is 6.54. The number of hydrogen-bond acceptors (Lipinski definition) is 5. The van der Waals surface area contributed by atoms with E-state index in [9.17, 15) is 4.79 Å². The van der Waals surface area contributed by atoms with Gasteiger partial charge in [0.15, 0.2) is 11.6 Å². The van der Waals surface area contributed by atoms with Crippen LogP contribution in [0.2, 0.25) is 0 Å². The Morgan fingerprint density at radius 1 is 1.19 bits per heavy atom. The maximum absolute atomic E-state index is 12.1. The number of pyridine rings is 1. The molecule has 0 fully saturated rings. The third-order valence-corrected chi connectivity index (χ3v) is 3.73. The zero-order valence-corrected chi connectivity index (χ0v) is 11.5. The largest absolute Gasteiger partial charge is 0.294 e. The van der Waals surface area contributed by atoms with Crippen molar-refractivity contribution in [2.24, 2.45) is 5.92 Å². The van der Waals surface area contributed by atoms with Crippen molar-refractivity contribution >= 4 is 11.6 Å². The van der Waals surface area contributed by atoms with Crippen LogP contribution >= 0.6 is 0 Å². The number of nitrogens with zero attached hydrogens (tertiary/aromatic N) is 5. The monoisotopic (exact) mass is 279 g/mol. The summed E-state index contributed by atoms with van der Waals surface area (Å²) >= 11 is 0. The lowest BCUT2D eigenvalue weighted by atomic mass is 9.88. The molecule has 0 aliphatic heterocycles. The number of aromatic nitrogens is 5.